The van der Waals surface area contributed by atoms with Crippen molar-refractivity contribution in [2.24, 2.45) is 0 Å². The highest BCUT2D eigenvalue weighted by Gasteiger charge is 2.30. The van der Waals surface area contributed by atoms with Gasteiger partial charge in [0.2, 0.25) is 5.91 Å². The molecule has 1 aromatic carbocycles. The SMILES string of the molecule is O=C(CCc1ccccn1)N1CC=C(c2cccc(C(F)(F)F)c2)CC1. The third-order valence-corrected chi connectivity index (χ3v) is 4.44. The number of benzene rings is 1. The summed E-state index contributed by atoms with van der Waals surface area (Å²) < 4.78 is 38.6. The van der Waals surface area contributed by atoms with Crippen LogP contribution in [0.15, 0.2) is 54.7 Å². The second kappa shape index (κ2) is 7.72. The lowest BCUT2D eigenvalue weighted by atomic mass is 9.97. The zero-order valence-electron chi connectivity index (χ0n) is 14.2. The molecule has 26 heavy (non-hydrogen) atoms. The standard InChI is InChI=1S/C20H19F3N2O/c21-20(22,23)17-5-3-4-16(14-17)15-9-12-25(13-10-15)19(26)8-7-18-6-1-2-11-24-18/h1-6,9,11,14H,7-8,10,12-13H2. The van der Waals surface area contributed by atoms with Gasteiger partial charge in [-0.25, -0.2) is 0 Å². The second-order valence-electron chi connectivity index (χ2n) is 6.22. The van der Waals surface area contributed by atoms with Crippen molar-refractivity contribution in [1.29, 1.82) is 0 Å². The highest BCUT2D eigenvalue weighted by atomic mass is 19.4. The van der Waals surface area contributed by atoms with Crippen LogP contribution in [-0.4, -0.2) is 28.9 Å². The molecule has 0 atom stereocenters. The molecule has 0 N–H and O–H groups in total. The van der Waals surface area contributed by atoms with Gasteiger partial charge in [-0.3, -0.25) is 9.78 Å². The van der Waals surface area contributed by atoms with E-state index < -0.39 is 11.7 Å². The fourth-order valence-corrected chi connectivity index (χ4v) is 2.99. The van der Waals surface area contributed by atoms with E-state index in [9.17, 15) is 18.0 Å². The normalized spacial score (nSPS) is 14.9. The van der Waals surface area contributed by atoms with Crippen LogP contribution in [0.3, 0.4) is 0 Å². The zero-order valence-corrected chi connectivity index (χ0v) is 14.2. The fourth-order valence-electron chi connectivity index (χ4n) is 2.99. The lowest BCUT2D eigenvalue weighted by Gasteiger charge is -2.27. The molecule has 1 aromatic heterocycles. The minimum absolute atomic E-state index is 0.0370. The maximum atomic E-state index is 12.9. The van der Waals surface area contributed by atoms with Gasteiger partial charge in [0, 0.05) is 31.4 Å². The molecule has 3 rings (SSSR count). The van der Waals surface area contributed by atoms with Crippen LogP contribution in [0, 0.1) is 0 Å². The Morgan fingerprint density at radius 1 is 1.15 bits per heavy atom. The number of nitrogens with zero attached hydrogens (tertiary/aromatic N) is 2. The summed E-state index contributed by atoms with van der Waals surface area (Å²) in [4.78, 5) is 18.3. The Bertz CT molecular complexity index is 800. The predicted octanol–water partition coefficient (Wildman–Crippen LogP) is 4.35. The number of halogens is 3. The Labute approximate surface area is 150 Å². The van der Waals surface area contributed by atoms with E-state index in [-0.39, 0.29) is 5.91 Å². The van der Waals surface area contributed by atoms with E-state index >= 15 is 0 Å². The first-order valence-electron chi connectivity index (χ1n) is 8.48. The lowest BCUT2D eigenvalue weighted by molar-refractivity contribution is -0.137. The molecule has 1 aliphatic heterocycles. The summed E-state index contributed by atoms with van der Waals surface area (Å²) in [6.45, 7) is 0.940. The Hall–Kier alpha value is -2.63. The molecule has 6 heteroatoms. The van der Waals surface area contributed by atoms with Crippen LogP contribution in [-0.2, 0) is 17.4 Å². The van der Waals surface area contributed by atoms with Gasteiger partial charge in [0.25, 0.3) is 0 Å². The number of amides is 1. The van der Waals surface area contributed by atoms with Gasteiger partial charge in [0.05, 0.1) is 5.56 Å². The Kier molecular flexibility index (Phi) is 5.40. The highest BCUT2D eigenvalue weighted by molar-refractivity contribution is 5.78. The highest BCUT2D eigenvalue weighted by Crippen LogP contribution is 2.32. The van der Waals surface area contributed by atoms with Crippen molar-refractivity contribution in [3.05, 3.63) is 71.6 Å². The molecule has 0 aliphatic carbocycles. The molecule has 0 unspecified atom stereocenters. The van der Waals surface area contributed by atoms with Crippen molar-refractivity contribution in [3.8, 4) is 0 Å². The van der Waals surface area contributed by atoms with E-state index in [0.717, 1.165) is 17.3 Å². The molecule has 0 spiro atoms. The topological polar surface area (TPSA) is 33.2 Å². The van der Waals surface area contributed by atoms with Gasteiger partial charge in [0.1, 0.15) is 0 Å². The zero-order chi connectivity index (χ0) is 18.6. The number of rotatable bonds is 4. The number of hydrogen-bond acceptors (Lipinski definition) is 2. The monoisotopic (exact) mass is 360 g/mol. The van der Waals surface area contributed by atoms with Crippen LogP contribution >= 0.6 is 0 Å². The van der Waals surface area contributed by atoms with Gasteiger partial charge in [-0.2, -0.15) is 13.2 Å². The summed E-state index contributed by atoms with van der Waals surface area (Å²) in [6, 6.07) is 10.9. The van der Waals surface area contributed by atoms with Crippen molar-refractivity contribution in [2.75, 3.05) is 13.1 Å². The fraction of sp³-hybridized carbons (Fsp3) is 0.300. The van der Waals surface area contributed by atoms with Crippen molar-refractivity contribution in [2.45, 2.75) is 25.4 Å². The number of hydrogen-bond donors (Lipinski definition) is 0. The molecular formula is C20H19F3N2O. The molecule has 0 bridgehead atoms. The van der Waals surface area contributed by atoms with E-state index in [2.05, 4.69) is 4.98 Å². The second-order valence-corrected chi connectivity index (χ2v) is 6.22. The Morgan fingerprint density at radius 3 is 2.65 bits per heavy atom. The van der Waals surface area contributed by atoms with E-state index in [0.29, 0.717) is 37.9 Å². The van der Waals surface area contributed by atoms with Crippen molar-refractivity contribution in [3.63, 3.8) is 0 Å². The average molecular weight is 360 g/mol. The molecule has 1 amide bonds. The number of aromatic nitrogens is 1. The van der Waals surface area contributed by atoms with E-state index in [1.165, 1.54) is 12.1 Å². The van der Waals surface area contributed by atoms with Crippen LogP contribution < -0.4 is 0 Å². The van der Waals surface area contributed by atoms with Gasteiger partial charge in [-0.05, 0) is 48.2 Å². The average Bonchev–Trinajstić information content (AvgIpc) is 2.66. The number of aryl methyl sites for hydroxylation is 1. The van der Waals surface area contributed by atoms with Gasteiger partial charge in [-0.15, -0.1) is 0 Å². The van der Waals surface area contributed by atoms with Gasteiger partial charge < -0.3 is 4.90 Å². The first-order chi connectivity index (χ1) is 12.4. The molecule has 0 radical (unpaired) electrons. The van der Waals surface area contributed by atoms with E-state index in [4.69, 9.17) is 0 Å². The smallest absolute Gasteiger partial charge is 0.339 e. The maximum Gasteiger partial charge on any atom is 0.416 e. The van der Waals surface area contributed by atoms with E-state index in [1.807, 2.05) is 24.3 Å². The first kappa shape index (κ1) is 18.2. The molecule has 1 aliphatic rings. The van der Waals surface area contributed by atoms with Crippen LogP contribution in [0.5, 0.6) is 0 Å². The molecule has 136 valence electrons. The minimum atomic E-state index is -4.35. The molecule has 2 aromatic rings. The summed E-state index contributed by atoms with van der Waals surface area (Å²) >= 11 is 0. The number of pyridine rings is 1. The van der Waals surface area contributed by atoms with Gasteiger partial charge in [-0.1, -0.05) is 24.3 Å². The third kappa shape index (κ3) is 4.50. The van der Waals surface area contributed by atoms with E-state index in [1.54, 1.807) is 17.2 Å². The summed E-state index contributed by atoms with van der Waals surface area (Å²) in [6.07, 6.45) is 0.710. The lowest BCUT2D eigenvalue weighted by Crippen LogP contribution is -2.34. The molecule has 0 fully saturated rings. The number of alkyl halides is 3. The van der Waals surface area contributed by atoms with Gasteiger partial charge >= 0.3 is 6.18 Å². The predicted molar refractivity (Wildman–Crippen MR) is 93.2 cm³/mol. The quantitative estimate of drug-likeness (QED) is 0.812. The van der Waals surface area contributed by atoms with Crippen LogP contribution in [0.2, 0.25) is 0 Å². The third-order valence-electron chi connectivity index (χ3n) is 4.44. The minimum Gasteiger partial charge on any atom is -0.339 e. The molecular weight excluding hydrogens is 341 g/mol. The van der Waals surface area contributed by atoms with Crippen molar-refractivity contribution in [1.82, 2.24) is 9.88 Å². The molecule has 2 heterocycles. The summed E-state index contributed by atoms with van der Waals surface area (Å²) in [5.74, 6) is 0.0370. The largest absolute Gasteiger partial charge is 0.416 e. The summed E-state index contributed by atoms with van der Waals surface area (Å²) in [7, 11) is 0. The van der Waals surface area contributed by atoms with Gasteiger partial charge in [0.15, 0.2) is 0 Å². The van der Waals surface area contributed by atoms with Crippen LogP contribution in [0.4, 0.5) is 13.2 Å². The van der Waals surface area contributed by atoms with Crippen LogP contribution in [0.1, 0.15) is 29.7 Å². The first-order valence-corrected chi connectivity index (χ1v) is 8.48. The Morgan fingerprint density at radius 2 is 2.00 bits per heavy atom. The number of carbonyl (C=O) groups excluding carboxylic acids is 1. The molecule has 3 nitrogen and oxygen atoms in total. The number of carbonyl (C=O) groups is 1. The maximum absolute atomic E-state index is 12.9. The van der Waals surface area contributed by atoms with Crippen molar-refractivity contribution >= 4 is 11.5 Å². The van der Waals surface area contributed by atoms with Crippen LogP contribution in [0.25, 0.3) is 5.57 Å². The van der Waals surface area contributed by atoms with Crippen molar-refractivity contribution < 1.29 is 18.0 Å². The molecule has 0 saturated heterocycles. The Balaban J connectivity index is 1.60. The summed E-state index contributed by atoms with van der Waals surface area (Å²) in [5, 5.41) is 0. The molecule has 0 saturated carbocycles. The summed E-state index contributed by atoms with van der Waals surface area (Å²) in [5.41, 5.74) is 1.65.